The highest BCUT2D eigenvalue weighted by molar-refractivity contribution is 5.64. The van der Waals surface area contributed by atoms with Gasteiger partial charge in [0.2, 0.25) is 0 Å². The van der Waals surface area contributed by atoms with Gasteiger partial charge in [0.15, 0.2) is 0 Å². The molecule has 0 spiro atoms. The van der Waals surface area contributed by atoms with E-state index in [4.69, 9.17) is 9.15 Å². The second-order valence-corrected chi connectivity index (χ2v) is 8.61. The molecular formula is C28H44O2. The molecule has 0 saturated heterocycles. The van der Waals surface area contributed by atoms with Crippen LogP contribution in [0.15, 0.2) is 34.7 Å². The molecule has 0 aliphatic rings. The number of furan rings is 1. The van der Waals surface area contributed by atoms with Crippen molar-refractivity contribution in [2.75, 3.05) is 7.11 Å². The van der Waals surface area contributed by atoms with E-state index in [1.54, 1.807) is 0 Å². The van der Waals surface area contributed by atoms with Crippen LogP contribution < -0.4 is 0 Å². The Bertz CT molecular complexity index is 686. The van der Waals surface area contributed by atoms with E-state index >= 15 is 0 Å². The summed E-state index contributed by atoms with van der Waals surface area (Å²) in [6, 6.07) is 10.6. The highest BCUT2D eigenvalue weighted by atomic mass is 16.5. The molecule has 1 aromatic heterocycles. The molecule has 0 aliphatic carbocycles. The van der Waals surface area contributed by atoms with Crippen LogP contribution in [0.5, 0.6) is 0 Å². The quantitative estimate of drug-likeness (QED) is 0.256. The van der Waals surface area contributed by atoms with E-state index in [0.717, 1.165) is 30.8 Å². The van der Waals surface area contributed by atoms with Gasteiger partial charge in [-0.15, -0.1) is 0 Å². The van der Waals surface area contributed by atoms with Crippen molar-refractivity contribution < 1.29 is 9.15 Å². The number of unbranched alkanes of at least 4 members (excludes halogenated alkanes) is 7. The van der Waals surface area contributed by atoms with Crippen LogP contribution in [0.4, 0.5) is 0 Å². The SMILES string of the molecule is CCCCCCCCC(OC)c1oc(-c2ccccc2)c(CCCC)c1CCCC. The Morgan fingerprint density at radius 2 is 1.33 bits per heavy atom. The molecule has 0 bridgehead atoms. The lowest BCUT2D eigenvalue weighted by Crippen LogP contribution is -2.05. The Morgan fingerprint density at radius 3 is 1.97 bits per heavy atom. The number of ether oxygens (including phenoxy) is 1. The van der Waals surface area contributed by atoms with Crippen LogP contribution in [-0.2, 0) is 17.6 Å². The fraction of sp³-hybridized carbons (Fsp3) is 0.643. The Morgan fingerprint density at radius 1 is 0.733 bits per heavy atom. The second-order valence-electron chi connectivity index (χ2n) is 8.61. The van der Waals surface area contributed by atoms with Gasteiger partial charge in [-0.05, 0) is 32.1 Å². The van der Waals surface area contributed by atoms with Crippen molar-refractivity contribution in [3.63, 3.8) is 0 Å². The number of methoxy groups -OCH3 is 1. The smallest absolute Gasteiger partial charge is 0.137 e. The molecule has 2 heteroatoms. The maximum absolute atomic E-state index is 6.65. The highest BCUT2D eigenvalue weighted by Gasteiger charge is 2.26. The van der Waals surface area contributed by atoms with Gasteiger partial charge in [0.1, 0.15) is 17.6 Å². The first-order valence-corrected chi connectivity index (χ1v) is 12.5. The van der Waals surface area contributed by atoms with Crippen LogP contribution in [0.1, 0.15) is 114 Å². The fourth-order valence-corrected chi connectivity index (χ4v) is 4.31. The van der Waals surface area contributed by atoms with Gasteiger partial charge >= 0.3 is 0 Å². The minimum atomic E-state index is 0.0703. The van der Waals surface area contributed by atoms with Crippen LogP contribution in [0.25, 0.3) is 11.3 Å². The zero-order valence-electron chi connectivity index (χ0n) is 20.0. The van der Waals surface area contributed by atoms with E-state index in [-0.39, 0.29) is 6.10 Å². The van der Waals surface area contributed by atoms with Crippen LogP contribution in [0.2, 0.25) is 0 Å². The molecule has 0 saturated carbocycles. The fourth-order valence-electron chi connectivity index (χ4n) is 4.31. The highest BCUT2D eigenvalue weighted by Crippen LogP contribution is 2.39. The van der Waals surface area contributed by atoms with Gasteiger partial charge in [-0.25, -0.2) is 0 Å². The van der Waals surface area contributed by atoms with Crippen LogP contribution in [0, 0.1) is 0 Å². The van der Waals surface area contributed by atoms with Crippen molar-refractivity contribution in [3.8, 4) is 11.3 Å². The van der Waals surface area contributed by atoms with Crippen molar-refractivity contribution in [1.82, 2.24) is 0 Å². The molecule has 1 aromatic carbocycles. The maximum atomic E-state index is 6.65. The zero-order chi connectivity index (χ0) is 21.6. The summed E-state index contributed by atoms with van der Waals surface area (Å²) in [6.07, 6.45) is 16.0. The normalized spacial score (nSPS) is 12.4. The van der Waals surface area contributed by atoms with Crippen LogP contribution >= 0.6 is 0 Å². The van der Waals surface area contributed by atoms with Gasteiger partial charge in [0.25, 0.3) is 0 Å². The standard InChI is InChI=1S/C28H44O2/c1-5-8-11-12-13-17-22-26(29-4)28-25(21-10-7-3)24(20-9-6-2)27(30-28)23-18-15-14-16-19-23/h14-16,18-19,26H,5-13,17,20-22H2,1-4H3. The van der Waals surface area contributed by atoms with Crippen molar-refractivity contribution in [1.29, 1.82) is 0 Å². The Kier molecular flexibility index (Phi) is 11.9. The Balaban J connectivity index is 2.29. The predicted octanol–water partition coefficient (Wildman–Crippen LogP) is 9.07. The zero-order valence-corrected chi connectivity index (χ0v) is 20.0. The van der Waals surface area contributed by atoms with Crippen LogP contribution in [-0.4, -0.2) is 7.11 Å². The van der Waals surface area contributed by atoms with Gasteiger partial charge in [0, 0.05) is 23.8 Å². The van der Waals surface area contributed by atoms with Crippen molar-refractivity contribution in [2.45, 2.75) is 110 Å². The molecule has 2 nitrogen and oxygen atoms in total. The van der Waals surface area contributed by atoms with E-state index < -0.39 is 0 Å². The minimum Gasteiger partial charge on any atom is -0.458 e. The molecule has 1 unspecified atom stereocenters. The lowest BCUT2D eigenvalue weighted by Gasteiger charge is -2.15. The Hall–Kier alpha value is -1.54. The molecule has 0 N–H and O–H groups in total. The average molecular weight is 413 g/mol. The van der Waals surface area contributed by atoms with E-state index in [1.165, 1.54) is 80.9 Å². The molecule has 0 fully saturated rings. The Labute approximate surface area is 185 Å². The first-order chi connectivity index (χ1) is 14.8. The third kappa shape index (κ3) is 7.30. The minimum absolute atomic E-state index is 0.0703. The summed E-state index contributed by atoms with van der Waals surface area (Å²) in [5.74, 6) is 2.18. The largest absolute Gasteiger partial charge is 0.458 e. The molecule has 0 aliphatic heterocycles. The lowest BCUT2D eigenvalue weighted by atomic mass is 9.94. The van der Waals surface area contributed by atoms with Gasteiger partial charge in [-0.1, -0.05) is 102 Å². The molecule has 2 aromatic rings. The number of hydrogen-bond donors (Lipinski definition) is 0. The number of benzene rings is 1. The lowest BCUT2D eigenvalue weighted by molar-refractivity contribution is 0.0739. The summed E-state index contributed by atoms with van der Waals surface area (Å²) in [5, 5.41) is 0. The second kappa shape index (κ2) is 14.5. The topological polar surface area (TPSA) is 22.4 Å². The summed E-state index contributed by atoms with van der Waals surface area (Å²) in [7, 11) is 1.85. The van der Waals surface area contributed by atoms with E-state index in [1.807, 2.05) is 7.11 Å². The molecule has 1 heterocycles. The average Bonchev–Trinajstić information content (AvgIpc) is 3.14. The van der Waals surface area contributed by atoms with Crippen molar-refractivity contribution in [3.05, 3.63) is 47.2 Å². The summed E-state index contributed by atoms with van der Waals surface area (Å²) in [6.45, 7) is 6.81. The number of rotatable bonds is 16. The monoisotopic (exact) mass is 412 g/mol. The summed E-state index contributed by atoms with van der Waals surface area (Å²) >= 11 is 0. The van der Waals surface area contributed by atoms with Gasteiger partial charge in [0.05, 0.1) is 0 Å². The molecule has 2 rings (SSSR count). The molecular weight excluding hydrogens is 368 g/mol. The third-order valence-electron chi connectivity index (χ3n) is 6.14. The van der Waals surface area contributed by atoms with E-state index in [0.29, 0.717) is 0 Å². The molecule has 1 atom stereocenters. The number of hydrogen-bond acceptors (Lipinski definition) is 2. The maximum Gasteiger partial charge on any atom is 0.137 e. The molecule has 0 amide bonds. The van der Waals surface area contributed by atoms with Gasteiger partial charge in [-0.2, -0.15) is 0 Å². The molecule has 30 heavy (non-hydrogen) atoms. The van der Waals surface area contributed by atoms with Gasteiger partial charge in [-0.3, -0.25) is 0 Å². The predicted molar refractivity (Wildman–Crippen MR) is 129 cm³/mol. The molecule has 168 valence electrons. The van der Waals surface area contributed by atoms with E-state index in [2.05, 4.69) is 51.1 Å². The van der Waals surface area contributed by atoms with Crippen LogP contribution in [0.3, 0.4) is 0 Å². The third-order valence-corrected chi connectivity index (χ3v) is 6.14. The summed E-state index contributed by atoms with van der Waals surface area (Å²) in [4.78, 5) is 0. The first kappa shape index (κ1) is 24.7. The van der Waals surface area contributed by atoms with Crippen molar-refractivity contribution >= 4 is 0 Å². The molecule has 0 radical (unpaired) electrons. The van der Waals surface area contributed by atoms with Crippen molar-refractivity contribution in [2.24, 2.45) is 0 Å². The first-order valence-electron chi connectivity index (χ1n) is 12.5. The van der Waals surface area contributed by atoms with E-state index in [9.17, 15) is 0 Å². The summed E-state index contributed by atoms with van der Waals surface area (Å²) < 4.78 is 12.6. The van der Waals surface area contributed by atoms with Gasteiger partial charge < -0.3 is 9.15 Å². The summed E-state index contributed by atoms with van der Waals surface area (Å²) in [5.41, 5.74) is 4.06.